The summed E-state index contributed by atoms with van der Waals surface area (Å²) in [4.78, 5) is 6.71. The van der Waals surface area contributed by atoms with Gasteiger partial charge in [0.05, 0.1) is 6.61 Å². The fourth-order valence-electron chi connectivity index (χ4n) is 3.28. The molecule has 0 radical (unpaired) electrons. The fraction of sp³-hybridized carbons (Fsp3) is 0.381. The lowest BCUT2D eigenvalue weighted by molar-refractivity contribution is 0.185. The highest BCUT2D eigenvalue weighted by Gasteiger charge is 2.23. The molecular weight excluding hydrogens is 360 g/mol. The van der Waals surface area contributed by atoms with Crippen LogP contribution in [0.25, 0.3) is 0 Å². The van der Waals surface area contributed by atoms with Crippen LogP contribution in [-0.2, 0) is 17.9 Å². The van der Waals surface area contributed by atoms with Gasteiger partial charge >= 0.3 is 0 Å². The Morgan fingerprint density at radius 1 is 1.22 bits per heavy atom. The molecule has 1 heterocycles. The molecule has 3 rings (SSSR count). The fourth-order valence-corrected chi connectivity index (χ4v) is 3.46. The largest absolute Gasteiger partial charge is 0.380 e. The average molecular weight is 387 g/mol. The van der Waals surface area contributed by atoms with E-state index in [-0.39, 0.29) is 0 Å². The highest BCUT2D eigenvalue weighted by molar-refractivity contribution is 6.30. The summed E-state index contributed by atoms with van der Waals surface area (Å²) >= 11 is 6.11. The standard InChI is InChI=1S/C21H27ClN4O/c1-23-21(24-13-16-6-8-17(9-7-16)15-27-2)25-19-10-11-26(14-19)20-5-3-4-18(22)12-20/h3-9,12,19H,10-11,13-15H2,1-2H3,(H2,23,24,25). The van der Waals surface area contributed by atoms with Crippen LogP contribution in [0.2, 0.25) is 5.02 Å². The Kier molecular flexibility index (Phi) is 6.96. The van der Waals surface area contributed by atoms with Crippen LogP contribution in [0.1, 0.15) is 17.5 Å². The Morgan fingerprint density at radius 3 is 2.70 bits per heavy atom. The van der Waals surface area contributed by atoms with Gasteiger partial charge in [0.15, 0.2) is 5.96 Å². The van der Waals surface area contributed by atoms with Gasteiger partial charge < -0.3 is 20.3 Å². The first-order chi connectivity index (χ1) is 13.2. The lowest BCUT2D eigenvalue weighted by Crippen LogP contribution is -2.44. The molecule has 1 aliphatic rings. The number of aliphatic imine (C=N–C) groups is 1. The molecule has 2 N–H and O–H groups in total. The van der Waals surface area contributed by atoms with Gasteiger partial charge in [0.1, 0.15) is 0 Å². The lowest BCUT2D eigenvalue weighted by atomic mass is 10.1. The van der Waals surface area contributed by atoms with E-state index >= 15 is 0 Å². The highest BCUT2D eigenvalue weighted by Crippen LogP contribution is 2.23. The van der Waals surface area contributed by atoms with Gasteiger partial charge in [0.2, 0.25) is 0 Å². The van der Waals surface area contributed by atoms with Crippen molar-refractivity contribution in [2.75, 3.05) is 32.1 Å². The van der Waals surface area contributed by atoms with Gasteiger partial charge in [-0.05, 0) is 35.7 Å². The van der Waals surface area contributed by atoms with Crippen molar-refractivity contribution in [3.8, 4) is 0 Å². The molecule has 1 unspecified atom stereocenters. The molecule has 1 saturated heterocycles. The first-order valence-electron chi connectivity index (χ1n) is 9.22. The van der Waals surface area contributed by atoms with E-state index in [9.17, 15) is 0 Å². The van der Waals surface area contributed by atoms with Crippen LogP contribution < -0.4 is 15.5 Å². The van der Waals surface area contributed by atoms with E-state index in [2.05, 4.69) is 50.9 Å². The molecule has 6 heteroatoms. The number of methoxy groups -OCH3 is 1. The third-order valence-electron chi connectivity index (χ3n) is 4.72. The molecule has 1 aliphatic heterocycles. The zero-order valence-electron chi connectivity index (χ0n) is 15.9. The molecule has 2 aromatic carbocycles. The van der Waals surface area contributed by atoms with Crippen LogP contribution >= 0.6 is 11.6 Å². The molecule has 0 saturated carbocycles. The summed E-state index contributed by atoms with van der Waals surface area (Å²) in [6.45, 7) is 3.32. The number of benzene rings is 2. The van der Waals surface area contributed by atoms with Gasteiger partial charge in [-0.3, -0.25) is 4.99 Å². The van der Waals surface area contributed by atoms with Crippen LogP contribution in [0.4, 0.5) is 5.69 Å². The molecule has 0 spiro atoms. The number of rotatable bonds is 6. The van der Waals surface area contributed by atoms with E-state index in [4.69, 9.17) is 16.3 Å². The SMILES string of the molecule is CN=C(NCc1ccc(COC)cc1)NC1CCN(c2cccc(Cl)c2)C1. The zero-order chi connectivity index (χ0) is 19.1. The van der Waals surface area contributed by atoms with Gasteiger partial charge in [0.25, 0.3) is 0 Å². The van der Waals surface area contributed by atoms with Crippen LogP contribution in [0.15, 0.2) is 53.5 Å². The van der Waals surface area contributed by atoms with Gasteiger partial charge in [-0.15, -0.1) is 0 Å². The minimum Gasteiger partial charge on any atom is -0.380 e. The molecule has 0 bridgehead atoms. The van der Waals surface area contributed by atoms with Gasteiger partial charge in [-0.1, -0.05) is 41.9 Å². The summed E-state index contributed by atoms with van der Waals surface area (Å²) in [5.41, 5.74) is 3.56. The Balaban J connectivity index is 1.49. The molecule has 144 valence electrons. The summed E-state index contributed by atoms with van der Waals surface area (Å²) in [5.74, 6) is 0.828. The number of ether oxygens (including phenoxy) is 1. The van der Waals surface area contributed by atoms with Crippen molar-refractivity contribution >= 4 is 23.2 Å². The van der Waals surface area contributed by atoms with Crippen LogP contribution in [0.3, 0.4) is 0 Å². The second-order valence-electron chi connectivity index (χ2n) is 6.73. The molecule has 27 heavy (non-hydrogen) atoms. The Bertz CT molecular complexity index is 763. The molecule has 0 aromatic heterocycles. The van der Waals surface area contributed by atoms with Gasteiger partial charge in [0, 0.05) is 50.5 Å². The quantitative estimate of drug-likeness (QED) is 0.590. The number of guanidine groups is 1. The van der Waals surface area contributed by atoms with E-state index in [1.54, 1.807) is 14.2 Å². The normalized spacial score (nSPS) is 17.2. The zero-order valence-corrected chi connectivity index (χ0v) is 16.7. The predicted octanol–water partition coefficient (Wildman–Crippen LogP) is 3.43. The molecular formula is C21H27ClN4O. The third-order valence-corrected chi connectivity index (χ3v) is 4.96. The summed E-state index contributed by atoms with van der Waals surface area (Å²) in [6.07, 6.45) is 1.07. The summed E-state index contributed by atoms with van der Waals surface area (Å²) in [6, 6.07) is 16.8. The van der Waals surface area contributed by atoms with Gasteiger partial charge in [-0.25, -0.2) is 0 Å². The minimum absolute atomic E-state index is 0.360. The molecule has 5 nitrogen and oxygen atoms in total. The van der Waals surface area contributed by atoms with E-state index < -0.39 is 0 Å². The minimum atomic E-state index is 0.360. The van der Waals surface area contributed by atoms with E-state index in [1.165, 1.54) is 16.8 Å². The molecule has 1 atom stereocenters. The number of halogens is 1. The summed E-state index contributed by atoms with van der Waals surface area (Å²) in [5, 5.41) is 7.70. The molecule has 0 amide bonds. The maximum Gasteiger partial charge on any atom is 0.191 e. The number of hydrogen-bond acceptors (Lipinski definition) is 3. The van der Waals surface area contributed by atoms with Gasteiger partial charge in [-0.2, -0.15) is 0 Å². The third kappa shape index (κ3) is 5.62. The summed E-state index contributed by atoms with van der Waals surface area (Å²) in [7, 11) is 3.52. The van der Waals surface area contributed by atoms with Crippen molar-refractivity contribution in [2.45, 2.75) is 25.6 Å². The molecule has 0 aliphatic carbocycles. The predicted molar refractivity (Wildman–Crippen MR) is 113 cm³/mol. The maximum absolute atomic E-state index is 6.11. The summed E-state index contributed by atoms with van der Waals surface area (Å²) < 4.78 is 5.15. The second-order valence-corrected chi connectivity index (χ2v) is 7.17. The van der Waals surface area contributed by atoms with E-state index in [0.717, 1.165) is 37.0 Å². The van der Waals surface area contributed by atoms with Crippen molar-refractivity contribution in [3.05, 3.63) is 64.7 Å². The average Bonchev–Trinajstić information content (AvgIpc) is 3.15. The van der Waals surface area contributed by atoms with Crippen molar-refractivity contribution in [3.63, 3.8) is 0 Å². The van der Waals surface area contributed by atoms with Crippen molar-refractivity contribution < 1.29 is 4.74 Å². The lowest BCUT2D eigenvalue weighted by Gasteiger charge is -2.20. The smallest absolute Gasteiger partial charge is 0.191 e. The first kappa shape index (κ1) is 19.5. The number of hydrogen-bond donors (Lipinski definition) is 2. The molecule has 2 aromatic rings. The highest BCUT2D eigenvalue weighted by atomic mass is 35.5. The van der Waals surface area contributed by atoms with Crippen LogP contribution in [-0.4, -0.2) is 39.2 Å². The Hall–Kier alpha value is -2.24. The van der Waals surface area contributed by atoms with Crippen LogP contribution in [0, 0.1) is 0 Å². The van der Waals surface area contributed by atoms with E-state index in [1.807, 2.05) is 18.2 Å². The number of nitrogens with zero attached hydrogens (tertiary/aromatic N) is 2. The van der Waals surface area contributed by atoms with Crippen molar-refractivity contribution in [1.29, 1.82) is 0 Å². The van der Waals surface area contributed by atoms with Crippen LogP contribution in [0.5, 0.6) is 0 Å². The van der Waals surface area contributed by atoms with E-state index in [0.29, 0.717) is 12.6 Å². The maximum atomic E-state index is 6.11. The Labute approximate surface area is 166 Å². The number of nitrogens with one attached hydrogen (secondary N) is 2. The first-order valence-corrected chi connectivity index (χ1v) is 9.60. The van der Waals surface area contributed by atoms with Crippen molar-refractivity contribution in [1.82, 2.24) is 10.6 Å². The molecule has 1 fully saturated rings. The number of anilines is 1. The monoisotopic (exact) mass is 386 g/mol. The second kappa shape index (κ2) is 9.62. The topological polar surface area (TPSA) is 48.9 Å². The van der Waals surface area contributed by atoms with Crippen molar-refractivity contribution in [2.24, 2.45) is 4.99 Å². The Morgan fingerprint density at radius 2 is 2.00 bits per heavy atom.